The van der Waals surface area contributed by atoms with Crippen LogP contribution >= 0.6 is 0 Å². The van der Waals surface area contributed by atoms with Gasteiger partial charge in [-0.05, 0) is 25.8 Å². The molecule has 0 bridgehead atoms. The molecule has 1 aromatic rings. The van der Waals surface area contributed by atoms with Gasteiger partial charge in [-0.1, -0.05) is 30.5 Å². The van der Waals surface area contributed by atoms with Gasteiger partial charge in [0.25, 0.3) is 5.91 Å². The lowest BCUT2D eigenvalue weighted by Crippen LogP contribution is -2.35. The third-order valence-corrected chi connectivity index (χ3v) is 3.75. The van der Waals surface area contributed by atoms with Crippen molar-refractivity contribution in [3.05, 3.63) is 29.3 Å². The van der Waals surface area contributed by atoms with Gasteiger partial charge in [-0.2, -0.15) is 0 Å². The van der Waals surface area contributed by atoms with Gasteiger partial charge in [0.15, 0.2) is 6.61 Å². The zero-order valence-electron chi connectivity index (χ0n) is 12.2. The van der Waals surface area contributed by atoms with Crippen LogP contribution in [-0.2, 0) is 11.3 Å². The Morgan fingerprint density at radius 2 is 1.95 bits per heavy atom. The van der Waals surface area contributed by atoms with E-state index in [4.69, 9.17) is 10.5 Å². The van der Waals surface area contributed by atoms with Gasteiger partial charge in [-0.15, -0.1) is 0 Å². The first-order valence-electron chi connectivity index (χ1n) is 7.41. The van der Waals surface area contributed by atoms with Crippen molar-refractivity contribution in [1.29, 1.82) is 0 Å². The maximum Gasteiger partial charge on any atom is 0.260 e. The molecule has 0 atom stereocenters. The number of nitrogens with zero attached hydrogens (tertiary/aromatic N) is 1. The fourth-order valence-electron chi connectivity index (χ4n) is 2.56. The SMILES string of the molecule is Cc1ccc(OCC(=O)N2CCCCCC2)c(CN)c1. The van der Waals surface area contributed by atoms with Gasteiger partial charge in [-0.3, -0.25) is 4.79 Å². The minimum absolute atomic E-state index is 0.0791. The van der Waals surface area contributed by atoms with Crippen LogP contribution in [-0.4, -0.2) is 30.5 Å². The van der Waals surface area contributed by atoms with Crippen molar-refractivity contribution in [3.63, 3.8) is 0 Å². The van der Waals surface area contributed by atoms with Crippen LogP contribution in [0.2, 0.25) is 0 Å². The number of hydrogen-bond donors (Lipinski definition) is 1. The third-order valence-electron chi connectivity index (χ3n) is 3.75. The van der Waals surface area contributed by atoms with Crippen molar-refractivity contribution in [2.24, 2.45) is 5.73 Å². The number of benzene rings is 1. The van der Waals surface area contributed by atoms with Crippen LogP contribution < -0.4 is 10.5 Å². The summed E-state index contributed by atoms with van der Waals surface area (Å²) in [5.74, 6) is 0.803. The van der Waals surface area contributed by atoms with E-state index in [1.54, 1.807) is 0 Å². The van der Waals surface area contributed by atoms with Gasteiger partial charge in [-0.25, -0.2) is 0 Å². The van der Waals surface area contributed by atoms with Gasteiger partial charge < -0.3 is 15.4 Å². The maximum atomic E-state index is 12.2. The summed E-state index contributed by atoms with van der Waals surface area (Å²) in [6.45, 7) is 4.27. The van der Waals surface area contributed by atoms with E-state index in [0.717, 1.165) is 42.8 Å². The average molecular weight is 276 g/mol. The number of carbonyl (C=O) groups is 1. The number of nitrogens with two attached hydrogens (primary N) is 1. The predicted octanol–water partition coefficient (Wildman–Crippen LogP) is 2.24. The summed E-state index contributed by atoms with van der Waals surface area (Å²) in [4.78, 5) is 14.1. The molecule has 0 unspecified atom stereocenters. The molecule has 1 aliphatic heterocycles. The second-order valence-electron chi connectivity index (χ2n) is 5.40. The number of likely N-dealkylation sites (tertiary alicyclic amines) is 1. The van der Waals surface area contributed by atoms with E-state index in [9.17, 15) is 4.79 Å². The number of ether oxygens (including phenoxy) is 1. The van der Waals surface area contributed by atoms with Gasteiger partial charge in [0, 0.05) is 25.2 Å². The highest BCUT2D eigenvalue weighted by Gasteiger charge is 2.16. The molecule has 0 aromatic heterocycles. The Morgan fingerprint density at radius 1 is 1.25 bits per heavy atom. The van der Waals surface area contributed by atoms with E-state index in [-0.39, 0.29) is 12.5 Å². The Morgan fingerprint density at radius 3 is 2.60 bits per heavy atom. The molecule has 2 rings (SSSR count). The van der Waals surface area contributed by atoms with Crippen molar-refractivity contribution >= 4 is 5.91 Å². The van der Waals surface area contributed by atoms with Crippen molar-refractivity contribution in [2.75, 3.05) is 19.7 Å². The Bertz CT molecular complexity index is 452. The number of amides is 1. The lowest BCUT2D eigenvalue weighted by atomic mass is 10.1. The standard InChI is InChI=1S/C16H24N2O2/c1-13-6-7-15(14(10-13)11-17)20-12-16(19)18-8-4-2-3-5-9-18/h6-7,10H,2-5,8-9,11-12,17H2,1H3. The zero-order valence-corrected chi connectivity index (χ0v) is 12.2. The molecule has 20 heavy (non-hydrogen) atoms. The summed E-state index contributed by atoms with van der Waals surface area (Å²) in [6.07, 6.45) is 4.65. The Labute approximate surface area is 120 Å². The zero-order chi connectivity index (χ0) is 14.4. The summed E-state index contributed by atoms with van der Waals surface area (Å²) in [5, 5.41) is 0. The second-order valence-corrected chi connectivity index (χ2v) is 5.40. The molecule has 1 fully saturated rings. The topological polar surface area (TPSA) is 55.6 Å². The molecule has 0 radical (unpaired) electrons. The smallest absolute Gasteiger partial charge is 0.260 e. The van der Waals surface area contributed by atoms with E-state index in [2.05, 4.69) is 0 Å². The van der Waals surface area contributed by atoms with Crippen molar-refractivity contribution in [1.82, 2.24) is 4.90 Å². The molecular formula is C16H24N2O2. The lowest BCUT2D eigenvalue weighted by molar-refractivity contribution is -0.133. The largest absolute Gasteiger partial charge is 0.483 e. The number of hydrogen-bond acceptors (Lipinski definition) is 3. The molecule has 1 saturated heterocycles. The number of rotatable bonds is 4. The predicted molar refractivity (Wildman–Crippen MR) is 79.6 cm³/mol. The molecule has 1 aromatic carbocycles. The number of aryl methyl sites for hydroxylation is 1. The first-order valence-corrected chi connectivity index (χ1v) is 7.41. The molecule has 110 valence electrons. The quantitative estimate of drug-likeness (QED) is 0.917. The Balaban J connectivity index is 1.92. The maximum absolute atomic E-state index is 12.2. The van der Waals surface area contributed by atoms with Crippen molar-refractivity contribution in [3.8, 4) is 5.75 Å². The van der Waals surface area contributed by atoms with Gasteiger partial charge in [0.1, 0.15) is 5.75 Å². The van der Waals surface area contributed by atoms with Crippen LogP contribution in [0.1, 0.15) is 36.8 Å². The molecule has 0 aliphatic carbocycles. The molecular weight excluding hydrogens is 252 g/mol. The van der Waals surface area contributed by atoms with Crippen LogP contribution in [0.4, 0.5) is 0 Å². The van der Waals surface area contributed by atoms with E-state index in [1.165, 1.54) is 12.8 Å². The molecule has 1 heterocycles. The molecule has 4 heteroatoms. The molecule has 4 nitrogen and oxygen atoms in total. The molecule has 1 amide bonds. The van der Waals surface area contributed by atoms with Crippen LogP contribution in [0.25, 0.3) is 0 Å². The van der Waals surface area contributed by atoms with Gasteiger partial charge in [0.2, 0.25) is 0 Å². The molecule has 1 aliphatic rings. The second kappa shape index (κ2) is 7.29. The Hall–Kier alpha value is -1.55. The molecule has 0 spiro atoms. The summed E-state index contributed by atoms with van der Waals surface area (Å²) >= 11 is 0. The van der Waals surface area contributed by atoms with E-state index in [1.807, 2.05) is 30.0 Å². The highest BCUT2D eigenvalue weighted by molar-refractivity contribution is 5.77. The fourth-order valence-corrected chi connectivity index (χ4v) is 2.56. The molecule has 0 saturated carbocycles. The van der Waals surface area contributed by atoms with E-state index in [0.29, 0.717) is 6.54 Å². The lowest BCUT2D eigenvalue weighted by Gasteiger charge is -2.20. The highest BCUT2D eigenvalue weighted by atomic mass is 16.5. The van der Waals surface area contributed by atoms with Gasteiger partial charge in [0.05, 0.1) is 0 Å². The van der Waals surface area contributed by atoms with Crippen molar-refractivity contribution < 1.29 is 9.53 Å². The summed E-state index contributed by atoms with van der Waals surface area (Å²) in [5.41, 5.74) is 7.82. The van der Waals surface area contributed by atoms with E-state index >= 15 is 0 Å². The Kier molecular flexibility index (Phi) is 5.41. The average Bonchev–Trinajstić information content (AvgIpc) is 2.74. The number of carbonyl (C=O) groups excluding carboxylic acids is 1. The summed E-state index contributed by atoms with van der Waals surface area (Å²) < 4.78 is 5.67. The third kappa shape index (κ3) is 3.97. The first kappa shape index (κ1) is 14.9. The highest BCUT2D eigenvalue weighted by Crippen LogP contribution is 2.19. The molecule has 2 N–H and O–H groups in total. The van der Waals surface area contributed by atoms with Crippen LogP contribution in [0.15, 0.2) is 18.2 Å². The monoisotopic (exact) mass is 276 g/mol. The summed E-state index contributed by atoms with van der Waals surface area (Å²) in [7, 11) is 0. The van der Waals surface area contributed by atoms with Crippen LogP contribution in [0.3, 0.4) is 0 Å². The normalized spacial score (nSPS) is 15.8. The minimum Gasteiger partial charge on any atom is -0.483 e. The fraction of sp³-hybridized carbons (Fsp3) is 0.562. The van der Waals surface area contributed by atoms with Crippen LogP contribution in [0.5, 0.6) is 5.75 Å². The van der Waals surface area contributed by atoms with Crippen LogP contribution in [0, 0.1) is 6.92 Å². The first-order chi connectivity index (χ1) is 9.70. The van der Waals surface area contributed by atoms with Gasteiger partial charge >= 0.3 is 0 Å². The summed E-state index contributed by atoms with van der Waals surface area (Å²) in [6, 6.07) is 5.88. The van der Waals surface area contributed by atoms with Crippen molar-refractivity contribution in [2.45, 2.75) is 39.2 Å². The van der Waals surface area contributed by atoms with E-state index < -0.39 is 0 Å². The minimum atomic E-state index is 0.0791.